The van der Waals surface area contributed by atoms with Crippen LogP contribution in [0.5, 0.6) is 0 Å². The molecule has 0 amide bonds. The van der Waals surface area contributed by atoms with E-state index in [-0.39, 0.29) is 24.4 Å². The summed E-state index contributed by atoms with van der Waals surface area (Å²) < 4.78 is 35.5. The molecule has 0 radical (unpaired) electrons. The van der Waals surface area contributed by atoms with E-state index in [2.05, 4.69) is 6.92 Å². The van der Waals surface area contributed by atoms with Crippen LogP contribution in [0.2, 0.25) is 0 Å². The van der Waals surface area contributed by atoms with Gasteiger partial charge in [-0.05, 0) is 34.1 Å². The third kappa shape index (κ3) is 3.11. The third-order valence-electron chi connectivity index (χ3n) is 3.88. The van der Waals surface area contributed by atoms with E-state index in [1.54, 1.807) is 0 Å². The molecule has 0 aromatic rings. The molecule has 0 saturated carbocycles. The highest BCUT2D eigenvalue weighted by Gasteiger charge is 2.60. The molecule has 3 fully saturated rings. The van der Waals surface area contributed by atoms with Gasteiger partial charge in [0.15, 0.2) is 17.9 Å². The van der Waals surface area contributed by atoms with Crippen LogP contribution in [0.25, 0.3) is 0 Å². The molecule has 122 valence electrons. The van der Waals surface area contributed by atoms with Crippen molar-refractivity contribution in [3.63, 3.8) is 0 Å². The van der Waals surface area contributed by atoms with Crippen LogP contribution in [0.3, 0.4) is 0 Å². The lowest BCUT2D eigenvalue weighted by Gasteiger charge is -2.37. The lowest BCUT2D eigenvalue weighted by molar-refractivity contribution is -0.243. The molecule has 3 aliphatic heterocycles. The lowest BCUT2D eigenvalue weighted by atomic mass is 9.99. The van der Waals surface area contributed by atoms with Gasteiger partial charge < -0.3 is 28.4 Å². The van der Waals surface area contributed by atoms with Gasteiger partial charge in [0, 0.05) is 6.61 Å². The number of hydrogen-bond donors (Lipinski definition) is 0. The predicted octanol–water partition coefficient (Wildman–Crippen LogP) is 1.81. The van der Waals surface area contributed by atoms with Gasteiger partial charge in [-0.2, -0.15) is 0 Å². The van der Waals surface area contributed by atoms with E-state index in [1.807, 2.05) is 27.7 Å². The molecule has 0 N–H and O–H groups in total. The molecular formula is C15H26O6. The Morgan fingerprint density at radius 3 is 2.19 bits per heavy atom. The van der Waals surface area contributed by atoms with E-state index in [1.165, 1.54) is 0 Å². The fourth-order valence-electron chi connectivity index (χ4n) is 3.17. The normalized spacial score (nSPS) is 43.6. The highest BCUT2D eigenvalue weighted by atomic mass is 16.9. The molecule has 6 nitrogen and oxygen atoms in total. The van der Waals surface area contributed by atoms with Crippen molar-refractivity contribution >= 4 is 0 Å². The zero-order valence-electron chi connectivity index (χ0n) is 13.5. The summed E-state index contributed by atoms with van der Waals surface area (Å²) in [4.78, 5) is 0. The van der Waals surface area contributed by atoms with Crippen LogP contribution in [-0.4, -0.2) is 55.5 Å². The van der Waals surface area contributed by atoms with Crippen LogP contribution >= 0.6 is 0 Å². The van der Waals surface area contributed by atoms with E-state index in [0.29, 0.717) is 13.2 Å². The van der Waals surface area contributed by atoms with E-state index < -0.39 is 17.9 Å². The van der Waals surface area contributed by atoms with Crippen LogP contribution in [0.15, 0.2) is 0 Å². The number of hydrogen-bond acceptors (Lipinski definition) is 6. The summed E-state index contributed by atoms with van der Waals surface area (Å²) in [6, 6.07) is 0. The molecule has 0 spiro atoms. The zero-order chi connectivity index (χ0) is 15.3. The molecular weight excluding hydrogens is 276 g/mol. The molecule has 3 aliphatic rings. The summed E-state index contributed by atoms with van der Waals surface area (Å²) in [7, 11) is 0. The Morgan fingerprint density at radius 2 is 1.48 bits per heavy atom. The number of rotatable bonds is 4. The third-order valence-corrected chi connectivity index (χ3v) is 3.88. The Hall–Kier alpha value is -0.240. The van der Waals surface area contributed by atoms with Gasteiger partial charge in [0.2, 0.25) is 0 Å². The van der Waals surface area contributed by atoms with Crippen molar-refractivity contribution in [3.05, 3.63) is 0 Å². The maximum Gasteiger partial charge on any atom is 0.190 e. The average molecular weight is 302 g/mol. The van der Waals surface area contributed by atoms with Crippen molar-refractivity contribution in [3.8, 4) is 0 Å². The molecule has 3 rings (SSSR count). The van der Waals surface area contributed by atoms with E-state index in [9.17, 15) is 0 Å². The van der Waals surface area contributed by atoms with Gasteiger partial charge in [-0.3, -0.25) is 0 Å². The molecule has 6 heteroatoms. The van der Waals surface area contributed by atoms with Gasteiger partial charge in [0.25, 0.3) is 0 Å². The smallest absolute Gasteiger partial charge is 0.190 e. The maximum atomic E-state index is 6.03. The van der Waals surface area contributed by atoms with Crippen molar-refractivity contribution in [1.29, 1.82) is 0 Å². The summed E-state index contributed by atoms with van der Waals surface area (Å²) >= 11 is 0. The lowest BCUT2D eigenvalue weighted by Crippen LogP contribution is -2.56. The average Bonchev–Trinajstić information content (AvgIpc) is 2.84. The summed E-state index contributed by atoms with van der Waals surface area (Å²) in [5.41, 5.74) is 0. The van der Waals surface area contributed by atoms with Gasteiger partial charge in [0.1, 0.15) is 24.4 Å². The summed E-state index contributed by atoms with van der Waals surface area (Å²) in [6.07, 6.45) is -0.334. The Bertz CT molecular complexity index is 382. The number of ether oxygens (including phenoxy) is 6. The molecule has 3 heterocycles. The van der Waals surface area contributed by atoms with Crippen molar-refractivity contribution < 1.29 is 28.4 Å². The van der Waals surface area contributed by atoms with Gasteiger partial charge in [-0.1, -0.05) is 6.92 Å². The quantitative estimate of drug-likeness (QED) is 0.738. The Balaban J connectivity index is 1.75. The summed E-state index contributed by atoms with van der Waals surface area (Å²) in [5.74, 6) is -1.32. The van der Waals surface area contributed by atoms with Crippen molar-refractivity contribution in [2.45, 2.75) is 83.3 Å². The first-order valence-electron chi connectivity index (χ1n) is 7.76. The SMILES string of the molecule is CCCOC[C@@H]1O[C@@H]2OC(C)(C)O[C@@H]2[C@H]2OC(C)(C)O[C@H]21. The Morgan fingerprint density at radius 1 is 0.857 bits per heavy atom. The first-order chi connectivity index (χ1) is 9.81. The molecule has 0 aromatic heterocycles. The molecule has 21 heavy (non-hydrogen) atoms. The minimum Gasteiger partial charge on any atom is -0.379 e. The zero-order valence-corrected chi connectivity index (χ0v) is 13.5. The molecule has 0 bridgehead atoms. The summed E-state index contributed by atoms with van der Waals surface area (Å²) in [6.45, 7) is 10.8. The van der Waals surface area contributed by atoms with Crippen molar-refractivity contribution in [2.75, 3.05) is 13.2 Å². The minimum atomic E-state index is -0.671. The minimum absolute atomic E-state index is 0.198. The molecule has 0 aromatic carbocycles. The highest BCUT2D eigenvalue weighted by Crippen LogP contribution is 2.44. The van der Waals surface area contributed by atoms with E-state index in [4.69, 9.17) is 28.4 Å². The fourth-order valence-corrected chi connectivity index (χ4v) is 3.17. The van der Waals surface area contributed by atoms with Crippen LogP contribution in [-0.2, 0) is 28.4 Å². The predicted molar refractivity (Wildman–Crippen MR) is 73.6 cm³/mol. The molecule has 3 saturated heterocycles. The topological polar surface area (TPSA) is 55.4 Å². The van der Waals surface area contributed by atoms with Gasteiger partial charge in [0.05, 0.1) is 6.61 Å². The second-order valence-electron chi connectivity index (χ2n) is 6.78. The standard InChI is InChI=1S/C15H26O6/c1-6-7-16-8-9-10-11(19-14(2,3)18-10)12-13(17-9)21-15(4,5)20-12/h9-13H,6-8H2,1-5H3/t9-,10-,11-,12+,13+/m0/s1. The summed E-state index contributed by atoms with van der Waals surface area (Å²) in [5, 5.41) is 0. The largest absolute Gasteiger partial charge is 0.379 e. The van der Waals surface area contributed by atoms with E-state index >= 15 is 0 Å². The second kappa shape index (κ2) is 5.44. The first kappa shape index (κ1) is 15.6. The van der Waals surface area contributed by atoms with Crippen LogP contribution in [0, 0.1) is 0 Å². The van der Waals surface area contributed by atoms with Gasteiger partial charge in [-0.15, -0.1) is 0 Å². The van der Waals surface area contributed by atoms with Crippen LogP contribution < -0.4 is 0 Å². The fraction of sp³-hybridized carbons (Fsp3) is 1.00. The highest BCUT2D eigenvalue weighted by molar-refractivity contribution is 4.99. The molecule has 5 atom stereocenters. The number of fused-ring (bicyclic) bond motifs is 3. The Kier molecular flexibility index (Phi) is 4.05. The first-order valence-corrected chi connectivity index (χ1v) is 7.76. The molecule has 0 unspecified atom stereocenters. The Labute approximate surface area is 126 Å². The maximum absolute atomic E-state index is 6.03. The van der Waals surface area contributed by atoms with Crippen LogP contribution in [0.1, 0.15) is 41.0 Å². The molecule has 0 aliphatic carbocycles. The van der Waals surface area contributed by atoms with Gasteiger partial charge in [-0.25, -0.2) is 0 Å². The van der Waals surface area contributed by atoms with Crippen molar-refractivity contribution in [2.24, 2.45) is 0 Å². The van der Waals surface area contributed by atoms with Crippen molar-refractivity contribution in [1.82, 2.24) is 0 Å². The monoisotopic (exact) mass is 302 g/mol. The van der Waals surface area contributed by atoms with Gasteiger partial charge >= 0.3 is 0 Å². The van der Waals surface area contributed by atoms with Crippen LogP contribution in [0.4, 0.5) is 0 Å². The van der Waals surface area contributed by atoms with E-state index in [0.717, 1.165) is 6.42 Å². The second-order valence-corrected chi connectivity index (χ2v) is 6.78.